The molecule has 9 heavy (non-hydrogen) atoms. The molecule has 2 radical (unpaired) electrons. The van der Waals surface area contributed by atoms with E-state index in [0.717, 1.165) is 11.8 Å². The van der Waals surface area contributed by atoms with Crippen LogP contribution < -0.4 is 0 Å². The van der Waals surface area contributed by atoms with Crippen LogP contribution in [0.25, 0.3) is 0 Å². The number of hydrogen-bond donors (Lipinski definition) is 0. The molecule has 1 rings (SSSR count). The summed E-state index contributed by atoms with van der Waals surface area (Å²) in [6.45, 7) is 4.65. The molecule has 0 aromatic carbocycles. The lowest BCUT2D eigenvalue weighted by Crippen LogP contribution is -2.12. The van der Waals surface area contributed by atoms with Crippen molar-refractivity contribution in [2.75, 3.05) is 0 Å². The van der Waals surface area contributed by atoms with Crippen molar-refractivity contribution in [1.29, 1.82) is 0 Å². The maximum atomic E-state index is 2.33. The Labute approximate surface area is 58.7 Å². The molecule has 1 unspecified atom stereocenters. The van der Waals surface area contributed by atoms with Crippen molar-refractivity contribution in [1.82, 2.24) is 0 Å². The Kier molecular flexibility index (Phi) is 2.56. The summed E-state index contributed by atoms with van der Waals surface area (Å²) in [4.78, 5) is 0. The maximum Gasteiger partial charge on any atom is -0.0349 e. The van der Waals surface area contributed by atoms with Crippen molar-refractivity contribution >= 4 is 0 Å². The molecule has 0 saturated heterocycles. The fourth-order valence-electron chi connectivity index (χ4n) is 1.42. The third-order valence-electron chi connectivity index (χ3n) is 2.25. The highest BCUT2D eigenvalue weighted by Crippen LogP contribution is 2.27. The molecule has 0 heteroatoms. The second kappa shape index (κ2) is 3.24. The van der Waals surface area contributed by atoms with Crippen molar-refractivity contribution in [2.45, 2.75) is 33.1 Å². The summed E-state index contributed by atoms with van der Waals surface area (Å²) < 4.78 is 0. The smallest absolute Gasteiger partial charge is 0.0349 e. The third kappa shape index (κ3) is 2.00. The van der Waals surface area contributed by atoms with E-state index in [1.54, 1.807) is 0 Å². The van der Waals surface area contributed by atoms with Gasteiger partial charge in [-0.05, 0) is 43.9 Å². The summed E-state index contributed by atoms with van der Waals surface area (Å²) in [6.07, 6.45) is 8.67. The zero-order valence-electron chi connectivity index (χ0n) is 6.43. The van der Waals surface area contributed by atoms with Gasteiger partial charge < -0.3 is 0 Å². The lowest BCUT2D eigenvalue weighted by atomic mass is 9.82. The summed E-state index contributed by atoms with van der Waals surface area (Å²) in [7, 11) is 0. The molecular formula is C9H16. The third-order valence-corrected chi connectivity index (χ3v) is 2.25. The highest BCUT2D eigenvalue weighted by Gasteiger charge is 2.15. The molecule has 1 fully saturated rings. The molecular weight excluding hydrogens is 108 g/mol. The van der Waals surface area contributed by atoms with Gasteiger partial charge in [0.15, 0.2) is 0 Å². The van der Waals surface area contributed by atoms with Gasteiger partial charge in [-0.3, -0.25) is 0 Å². The normalized spacial score (nSPS) is 23.0. The first-order valence-electron chi connectivity index (χ1n) is 3.95. The van der Waals surface area contributed by atoms with Crippen molar-refractivity contribution in [3.05, 3.63) is 12.8 Å². The van der Waals surface area contributed by atoms with Crippen LogP contribution in [0.15, 0.2) is 0 Å². The average molecular weight is 124 g/mol. The summed E-state index contributed by atoms with van der Waals surface area (Å²) in [5.41, 5.74) is 0. The minimum absolute atomic E-state index is 0.884. The van der Waals surface area contributed by atoms with E-state index in [0.29, 0.717) is 0 Å². The van der Waals surface area contributed by atoms with Gasteiger partial charge in [0, 0.05) is 0 Å². The molecule has 1 saturated carbocycles. The largest absolute Gasteiger partial charge is 0.0625 e. The fraction of sp³-hybridized carbons (Fsp3) is 0.778. The van der Waals surface area contributed by atoms with Crippen LogP contribution in [0, 0.1) is 24.7 Å². The van der Waals surface area contributed by atoms with E-state index in [-0.39, 0.29) is 0 Å². The van der Waals surface area contributed by atoms with Gasteiger partial charge in [-0.1, -0.05) is 13.8 Å². The van der Waals surface area contributed by atoms with Crippen LogP contribution in [0.2, 0.25) is 0 Å². The summed E-state index contributed by atoms with van der Waals surface area (Å²) in [5, 5.41) is 0. The predicted octanol–water partition coefficient (Wildman–Crippen LogP) is 2.85. The Morgan fingerprint density at radius 2 is 2.11 bits per heavy atom. The van der Waals surface area contributed by atoms with Crippen LogP contribution in [-0.2, 0) is 0 Å². The van der Waals surface area contributed by atoms with E-state index in [9.17, 15) is 0 Å². The van der Waals surface area contributed by atoms with E-state index >= 15 is 0 Å². The van der Waals surface area contributed by atoms with E-state index in [1.165, 1.54) is 19.3 Å². The van der Waals surface area contributed by atoms with Crippen molar-refractivity contribution in [3.63, 3.8) is 0 Å². The van der Waals surface area contributed by atoms with Crippen LogP contribution in [-0.4, -0.2) is 0 Å². The minimum Gasteiger partial charge on any atom is -0.0625 e. The first kappa shape index (κ1) is 7.11. The molecule has 1 aliphatic carbocycles. The van der Waals surface area contributed by atoms with E-state index < -0.39 is 0 Å². The highest BCUT2D eigenvalue weighted by atomic mass is 14.2. The summed E-state index contributed by atoms with van der Waals surface area (Å²) in [5.74, 6) is 1.85. The Morgan fingerprint density at radius 3 is 2.44 bits per heavy atom. The van der Waals surface area contributed by atoms with Gasteiger partial charge in [0.05, 0.1) is 0 Å². The van der Waals surface area contributed by atoms with Gasteiger partial charge in [0.1, 0.15) is 0 Å². The summed E-state index contributed by atoms with van der Waals surface area (Å²) in [6, 6.07) is 0. The predicted molar refractivity (Wildman–Crippen MR) is 40.8 cm³/mol. The quantitative estimate of drug-likeness (QED) is 0.504. The van der Waals surface area contributed by atoms with Gasteiger partial charge in [0.25, 0.3) is 0 Å². The van der Waals surface area contributed by atoms with E-state index in [1.807, 2.05) is 0 Å². The Balaban J connectivity index is 2.23. The Morgan fingerprint density at radius 1 is 1.33 bits per heavy atom. The molecule has 0 N–H and O–H groups in total. The second-order valence-electron chi connectivity index (χ2n) is 3.29. The van der Waals surface area contributed by atoms with Gasteiger partial charge in [-0.15, -0.1) is 0 Å². The molecule has 0 spiro atoms. The number of rotatable bonds is 1. The molecule has 52 valence electrons. The molecule has 0 bridgehead atoms. The zero-order valence-corrected chi connectivity index (χ0v) is 6.43. The highest BCUT2D eigenvalue weighted by molar-refractivity contribution is 4.91. The summed E-state index contributed by atoms with van der Waals surface area (Å²) >= 11 is 0. The van der Waals surface area contributed by atoms with Crippen LogP contribution in [0.3, 0.4) is 0 Å². The zero-order chi connectivity index (χ0) is 6.69. The Hall–Kier alpha value is 0. The lowest BCUT2D eigenvalue weighted by Gasteiger charge is -2.24. The topological polar surface area (TPSA) is 0 Å². The van der Waals surface area contributed by atoms with Gasteiger partial charge in [0.2, 0.25) is 0 Å². The molecule has 0 aliphatic heterocycles. The Bertz CT molecular complexity index is 68.1. The van der Waals surface area contributed by atoms with Gasteiger partial charge in [-0.25, -0.2) is 0 Å². The average Bonchev–Trinajstić information content (AvgIpc) is 1.90. The minimum atomic E-state index is 0.884. The standard InChI is InChI=1S/C9H16/c1-8(2)9-6-4-3-5-7-9/h3-4,8-9H,5-7H2,1-2H3. The second-order valence-corrected chi connectivity index (χ2v) is 3.29. The fourth-order valence-corrected chi connectivity index (χ4v) is 1.42. The molecule has 1 aliphatic rings. The van der Waals surface area contributed by atoms with Crippen LogP contribution >= 0.6 is 0 Å². The molecule has 1 atom stereocenters. The van der Waals surface area contributed by atoms with Crippen LogP contribution in [0.4, 0.5) is 0 Å². The van der Waals surface area contributed by atoms with Gasteiger partial charge in [-0.2, -0.15) is 0 Å². The van der Waals surface area contributed by atoms with Crippen molar-refractivity contribution < 1.29 is 0 Å². The van der Waals surface area contributed by atoms with Crippen LogP contribution in [0.5, 0.6) is 0 Å². The van der Waals surface area contributed by atoms with Crippen molar-refractivity contribution in [3.8, 4) is 0 Å². The van der Waals surface area contributed by atoms with Gasteiger partial charge >= 0.3 is 0 Å². The van der Waals surface area contributed by atoms with Crippen molar-refractivity contribution in [2.24, 2.45) is 11.8 Å². The first-order chi connectivity index (χ1) is 4.30. The van der Waals surface area contributed by atoms with E-state index in [2.05, 4.69) is 26.7 Å². The number of hydrogen-bond acceptors (Lipinski definition) is 0. The molecule has 0 aromatic rings. The molecule has 0 aromatic heterocycles. The first-order valence-corrected chi connectivity index (χ1v) is 3.95. The molecule has 0 heterocycles. The maximum absolute atomic E-state index is 2.33. The lowest BCUT2D eigenvalue weighted by molar-refractivity contribution is 0.337. The monoisotopic (exact) mass is 124 g/mol. The van der Waals surface area contributed by atoms with E-state index in [4.69, 9.17) is 0 Å². The van der Waals surface area contributed by atoms with Crippen LogP contribution in [0.1, 0.15) is 33.1 Å². The molecule has 0 amide bonds. The SMILES string of the molecule is CC(C)C1C[CH][CH]CC1. The molecule has 0 nitrogen and oxygen atoms in total.